The molecule has 0 aliphatic heterocycles. The zero-order valence-corrected chi connectivity index (χ0v) is 12.6. The first-order valence-corrected chi connectivity index (χ1v) is 6.89. The lowest BCUT2D eigenvalue weighted by atomic mass is 10.3. The van der Waals surface area contributed by atoms with Crippen LogP contribution >= 0.6 is 0 Å². The number of imidazole rings is 1. The van der Waals surface area contributed by atoms with Gasteiger partial charge in [0.25, 0.3) is 11.2 Å². The van der Waals surface area contributed by atoms with Crippen LogP contribution in [0.2, 0.25) is 0 Å². The number of esters is 1. The van der Waals surface area contributed by atoms with Crippen LogP contribution in [0.4, 0.5) is 5.69 Å². The highest BCUT2D eigenvalue weighted by atomic mass is 16.6. The van der Waals surface area contributed by atoms with Crippen molar-refractivity contribution in [1.29, 1.82) is 0 Å². The predicted molar refractivity (Wildman–Crippen MR) is 83.0 cm³/mol. The number of hydrogen-bond donors (Lipinski definition) is 0. The van der Waals surface area contributed by atoms with Crippen LogP contribution in [0.25, 0.3) is 5.65 Å². The van der Waals surface area contributed by atoms with E-state index < -0.39 is 10.9 Å². The van der Waals surface area contributed by atoms with Gasteiger partial charge in [-0.05, 0) is 12.1 Å². The largest absolute Gasteiger partial charge is 0.465 e. The number of pyridine rings is 2. The van der Waals surface area contributed by atoms with Crippen LogP contribution < -0.4 is 5.56 Å². The van der Waals surface area contributed by atoms with E-state index in [2.05, 4.69) is 4.98 Å². The summed E-state index contributed by atoms with van der Waals surface area (Å²) in [5.41, 5.74) is 0.587. The number of carbonyl (C=O) groups excluding carboxylic acids is 1. The van der Waals surface area contributed by atoms with Crippen LogP contribution in [0.1, 0.15) is 16.1 Å². The van der Waals surface area contributed by atoms with E-state index in [0.717, 1.165) is 18.3 Å². The molecule has 0 saturated heterocycles. The highest BCUT2D eigenvalue weighted by Crippen LogP contribution is 2.14. The van der Waals surface area contributed by atoms with Gasteiger partial charge in [0.15, 0.2) is 5.65 Å². The number of ether oxygens (including phenoxy) is 1. The highest BCUT2D eigenvalue weighted by Gasteiger charge is 2.14. The van der Waals surface area contributed by atoms with Gasteiger partial charge < -0.3 is 13.7 Å². The van der Waals surface area contributed by atoms with Crippen molar-refractivity contribution in [3.05, 3.63) is 74.6 Å². The lowest BCUT2D eigenvalue weighted by Gasteiger charge is -2.02. The summed E-state index contributed by atoms with van der Waals surface area (Å²) in [5, 5.41) is 10.8. The monoisotopic (exact) mass is 328 g/mol. The second-order valence-electron chi connectivity index (χ2n) is 4.99. The van der Waals surface area contributed by atoms with Crippen LogP contribution in [0.3, 0.4) is 0 Å². The normalized spacial score (nSPS) is 10.7. The third-order valence-corrected chi connectivity index (χ3v) is 3.45. The van der Waals surface area contributed by atoms with E-state index in [-0.39, 0.29) is 23.4 Å². The number of rotatable bonds is 4. The smallest absolute Gasteiger partial charge is 0.341 e. The van der Waals surface area contributed by atoms with E-state index >= 15 is 0 Å². The van der Waals surface area contributed by atoms with Gasteiger partial charge in [-0.1, -0.05) is 0 Å². The average molecular weight is 328 g/mol. The summed E-state index contributed by atoms with van der Waals surface area (Å²) in [6.45, 7) is 0.0445. The third-order valence-electron chi connectivity index (χ3n) is 3.45. The molecule has 3 rings (SSSR count). The Kier molecular flexibility index (Phi) is 3.82. The molecule has 3 aromatic rings. The molecule has 3 heterocycles. The quantitative estimate of drug-likeness (QED) is 0.405. The Morgan fingerprint density at radius 1 is 1.33 bits per heavy atom. The van der Waals surface area contributed by atoms with Gasteiger partial charge in [0.05, 0.1) is 30.5 Å². The van der Waals surface area contributed by atoms with Gasteiger partial charge in [-0.15, -0.1) is 0 Å². The fraction of sp³-hybridized carbons (Fsp3) is 0.133. The van der Waals surface area contributed by atoms with Crippen molar-refractivity contribution in [2.24, 2.45) is 0 Å². The molecule has 9 heteroatoms. The fourth-order valence-corrected chi connectivity index (χ4v) is 2.33. The molecule has 0 amide bonds. The molecule has 0 unspecified atom stereocenters. The molecule has 3 aromatic heterocycles. The van der Waals surface area contributed by atoms with Crippen LogP contribution in [0, 0.1) is 10.1 Å². The van der Waals surface area contributed by atoms with Gasteiger partial charge in [0.1, 0.15) is 5.56 Å². The zero-order chi connectivity index (χ0) is 17.3. The Hall–Kier alpha value is -3.49. The molecule has 0 radical (unpaired) electrons. The summed E-state index contributed by atoms with van der Waals surface area (Å²) in [4.78, 5) is 38.2. The number of methoxy groups -OCH3 is 1. The third kappa shape index (κ3) is 2.74. The molecule has 0 bridgehead atoms. The molecule has 0 atom stereocenters. The van der Waals surface area contributed by atoms with E-state index in [1.165, 1.54) is 11.7 Å². The lowest BCUT2D eigenvalue weighted by molar-refractivity contribution is -0.385. The summed E-state index contributed by atoms with van der Waals surface area (Å²) in [7, 11) is 1.28. The minimum Gasteiger partial charge on any atom is -0.465 e. The summed E-state index contributed by atoms with van der Waals surface area (Å²) in [6, 6.07) is 5.54. The van der Waals surface area contributed by atoms with Crippen molar-refractivity contribution >= 4 is 17.3 Å². The number of hydrogen-bond acceptors (Lipinski definition) is 6. The zero-order valence-electron chi connectivity index (χ0n) is 12.6. The fourth-order valence-electron chi connectivity index (χ4n) is 2.33. The molecule has 0 N–H and O–H groups in total. The minimum atomic E-state index is -0.574. The summed E-state index contributed by atoms with van der Waals surface area (Å²) in [5.74, 6) is -0.523. The van der Waals surface area contributed by atoms with Crippen molar-refractivity contribution in [1.82, 2.24) is 14.0 Å². The lowest BCUT2D eigenvalue weighted by Crippen LogP contribution is -2.19. The van der Waals surface area contributed by atoms with Gasteiger partial charge in [0, 0.05) is 24.5 Å². The first-order chi connectivity index (χ1) is 11.5. The highest BCUT2D eigenvalue weighted by molar-refractivity contribution is 5.95. The standard InChI is InChI=1S/C15H12N4O5/c1-24-15(21)12-3-2-6-17-7-10(16-14(12)17)8-18-9-11(19(22)23)4-5-13(18)20/h2-7,9H,8H2,1H3. The number of fused-ring (bicyclic) bond motifs is 1. The SMILES string of the molecule is COC(=O)c1cccn2cc(Cn3cc([N+](=O)[O-])ccc3=O)nc12. The first kappa shape index (κ1) is 15.4. The molecule has 0 spiro atoms. The van der Waals surface area contributed by atoms with Gasteiger partial charge >= 0.3 is 5.97 Å². The number of nitrogens with zero attached hydrogens (tertiary/aromatic N) is 4. The second-order valence-corrected chi connectivity index (χ2v) is 4.99. The predicted octanol–water partition coefficient (Wildman–Crippen LogP) is 1.24. The maximum absolute atomic E-state index is 11.9. The van der Waals surface area contributed by atoms with Gasteiger partial charge in [-0.3, -0.25) is 14.9 Å². The Bertz CT molecular complexity index is 1000. The van der Waals surface area contributed by atoms with Crippen molar-refractivity contribution in [2.45, 2.75) is 6.54 Å². The van der Waals surface area contributed by atoms with E-state index in [9.17, 15) is 19.7 Å². The maximum atomic E-state index is 11.9. The Morgan fingerprint density at radius 2 is 2.12 bits per heavy atom. The van der Waals surface area contributed by atoms with E-state index in [1.54, 1.807) is 28.9 Å². The molecule has 9 nitrogen and oxygen atoms in total. The average Bonchev–Trinajstić information content (AvgIpc) is 2.98. The van der Waals surface area contributed by atoms with Crippen molar-refractivity contribution in [2.75, 3.05) is 7.11 Å². The maximum Gasteiger partial charge on any atom is 0.341 e. The van der Waals surface area contributed by atoms with Crippen LogP contribution in [-0.2, 0) is 11.3 Å². The molecule has 24 heavy (non-hydrogen) atoms. The number of nitro groups is 1. The van der Waals surface area contributed by atoms with Crippen molar-refractivity contribution in [3.8, 4) is 0 Å². The van der Waals surface area contributed by atoms with E-state index in [4.69, 9.17) is 4.74 Å². The van der Waals surface area contributed by atoms with Gasteiger partial charge in [-0.25, -0.2) is 9.78 Å². The molecule has 0 saturated carbocycles. The van der Waals surface area contributed by atoms with Crippen LogP contribution in [-0.4, -0.2) is 32.0 Å². The topological polar surface area (TPSA) is 109 Å². The van der Waals surface area contributed by atoms with Crippen LogP contribution in [0.5, 0.6) is 0 Å². The number of carbonyl (C=O) groups is 1. The Morgan fingerprint density at radius 3 is 2.83 bits per heavy atom. The summed E-state index contributed by atoms with van der Waals surface area (Å²) < 4.78 is 7.53. The molecular formula is C15H12N4O5. The van der Waals surface area contributed by atoms with Crippen molar-refractivity contribution < 1.29 is 14.5 Å². The minimum absolute atomic E-state index is 0.0445. The van der Waals surface area contributed by atoms with Crippen molar-refractivity contribution in [3.63, 3.8) is 0 Å². The van der Waals surface area contributed by atoms with Gasteiger partial charge in [0.2, 0.25) is 0 Å². The van der Waals surface area contributed by atoms with Gasteiger partial charge in [-0.2, -0.15) is 0 Å². The Balaban J connectivity index is 2.03. The number of aromatic nitrogens is 3. The molecule has 0 aliphatic carbocycles. The molecule has 0 aromatic carbocycles. The Labute approximate surface area is 134 Å². The first-order valence-electron chi connectivity index (χ1n) is 6.89. The molecular weight excluding hydrogens is 316 g/mol. The van der Waals surface area contributed by atoms with E-state index in [0.29, 0.717) is 11.3 Å². The molecule has 0 fully saturated rings. The summed E-state index contributed by atoms with van der Waals surface area (Å²) >= 11 is 0. The molecule has 122 valence electrons. The second kappa shape index (κ2) is 5.95. The van der Waals surface area contributed by atoms with E-state index in [1.807, 2.05) is 0 Å². The summed E-state index contributed by atoms with van der Waals surface area (Å²) in [6.07, 6.45) is 4.51. The van der Waals surface area contributed by atoms with Crippen LogP contribution in [0.15, 0.2) is 47.7 Å². The molecule has 0 aliphatic rings.